The van der Waals surface area contributed by atoms with Crippen LogP contribution >= 0.6 is 0 Å². The fraction of sp³-hybridized carbons (Fsp3) is 0.556. The molecule has 2 amide bonds. The molecule has 1 aromatic heterocycles. The molecule has 1 spiro atoms. The number of ether oxygens (including phenoxy) is 1. The lowest BCUT2D eigenvalue weighted by Gasteiger charge is -2.49. The first-order valence-electron chi connectivity index (χ1n) is 8.98. The highest BCUT2D eigenvalue weighted by molar-refractivity contribution is 5.94. The molecule has 152 valence electrons. The van der Waals surface area contributed by atoms with Crippen molar-refractivity contribution in [3.05, 3.63) is 23.8 Å². The van der Waals surface area contributed by atoms with Crippen LogP contribution in [0.4, 0.5) is 0 Å². The monoisotopic (exact) mass is 392 g/mol. The topological polar surface area (TPSA) is 139 Å². The van der Waals surface area contributed by atoms with Crippen molar-refractivity contribution in [3.8, 4) is 0 Å². The summed E-state index contributed by atoms with van der Waals surface area (Å²) in [7, 11) is 1.26. The van der Waals surface area contributed by atoms with Crippen LogP contribution in [0, 0.1) is 5.41 Å². The van der Waals surface area contributed by atoms with E-state index in [4.69, 9.17) is 9.90 Å². The summed E-state index contributed by atoms with van der Waals surface area (Å²) in [4.78, 5) is 54.9. The molecule has 0 saturated carbocycles. The van der Waals surface area contributed by atoms with E-state index in [0.717, 1.165) is 25.7 Å². The number of likely N-dealkylation sites (tertiary alicyclic amines) is 1. The number of carbonyl (C=O) groups is 4. The summed E-state index contributed by atoms with van der Waals surface area (Å²) in [5.41, 5.74) is -0.312. The standard InChI is InChI=1S/C17H22N4O4.CH2O2/c1-11-17(5-3-7-18-16(17)24)6-4-8-21(11)14(22)12-9-20-13(10-19-12)15(23)25-2;2-1-3/h9-11H,3-8H2,1-2H3,(H,18,24);1H,(H,2,3)/t11-,17+;/m1./s1. The van der Waals surface area contributed by atoms with Crippen molar-refractivity contribution in [2.75, 3.05) is 20.2 Å². The predicted molar refractivity (Wildman–Crippen MR) is 96.5 cm³/mol. The number of hydrogen-bond acceptors (Lipinski definition) is 7. The summed E-state index contributed by atoms with van der Waals surface area (Å²) in [5, 5.41) is 9.83. The van der Waals surface area contributed by atoms with Gasteiger partial charge in [-0.05, 0) is 32.6 Å². The van der Waals surface area contributed by atoms with Gasteiger partial charge in [-0.25, -0.2) is 14.8 Å². The third-order valence-corrected chi connectivity index (χ3v) is 5.35. The molecule has 2 N–H and O–H groups in total. The molecule has 0 bridgehead atoms. The lowest BCUT2D eigenvalue weighted by molar-refractivity contribution is -0.140. The van der Waals surface area contributed by atoms with Gasteiger partial charge in [0.2, 0.25) is 5.91 Å². The molecule has 2 aliphatic heterocycles. The third kappa shape index (κ3) is 4.10. The van der Waals surface area contributed by atoms with Crippen LogP contribution in [0.25, 0.3) is 0 Å². The number of rotatable bonds is 2. The number of nitrogens with zero attached hydrogens (tertiary/aromatic N) is 3. The molecule has 28 heavy (non-hydrogen) atoms. The minimum atomic E-state index is -0.601. The number of hydrogen-bond donors (Lipinski definition) is 2. The molecule has 0 aliphatic carbocycles. The Bertz CT molecular complexity index is 734. The first-order valence-corrected chi connectivity index (χ1v) is 8.98. The maximum atomic E-state index is 12.9. The van der Waals surface area contributed by atoms with Gasteiger partial charge in [0.05, 0.1) is 24.9 Å². The van der Waals surface area contributed by atoms with Crippen molar-refractivity contribution < 1.29 is 29.0 Å². The third-order valence-electron chi connectivity index (χ3n) is 5.35. The summed E-state index contributed by atoms with van der Waals surface area (Å²) in [6, 6.07) is -0.212. The summed E-state index contributed by atoms with van der Waals surface area (Å²) in [6.07, 6.45) is 5.79. The molecule has 3 heterocycles. The Balaban J connectivity index is 0.000000878. The second kappa shape index (κ2) is 9.25. The molecule has 10 nitrogen and oxygen atoms in total. The Morgan fingerprint density at radius 1 is 1.29 bits per heavy atom. The van der Waals surface area contributed by atoms with Gasteiger partial charge < -0.3 is 20.1 Å². The summed E-state index contributed by atoms with van der Waals surface area (Å²) >= 11 is 0. The molecular formula is C18H24N4O6. The van der Waals surface area contributed by atoms with Crippen molar-refractivity contribution in [2.45, 2.75) is 38.6 Å². The van der Waals surface area contributed by atoms with Crippen LogP contribution in [-0.4, -0.2) is 70.5 Å². The summed E-state index contributed by atoms with van der Waals surface area (Å²) < 4.78 is 4.58. The lowest BCUT2D eigenvalue weighted by atomic mass is 9.68. The Morgan fingerprint density at radius 2 is 1.89 bits per heavy atom. The maximum Gasteiger partial charge on any atom is 0.358 e. The van der Waals surface area contributed by atoms with Crippen LogP contribution in [0.5, 0.6) is 0 Å². The van der Waals surface area contributed by atoms with Gasteiger partial charge in [0.1, 0.15) is 5.69 Å². The maximum absolute atomic E-state index is 12.9. The van der Waals surface area contributed by atoms with Crippen molar-refractivity contribution in [3.63, 3.8) is 0 Å². The SMILES string of the molecule is COC(=O)c1cnc(C(=O)N2CCC[C@@]3(CCCNC3=O)[C@H]2C)cn1.O=CO. The van der Waals surface area contributed by atoms with Gasteiger partial charge in [0.15, 0.2) is 5.69 Å². The van der Waals surface area contributed by atoms with Crippen molar-refractivity contribution in [2.24, 2.45) is 5.41 Å². The van der Waals surface area contributed by atoms with E-state index in [1.165, 1.54) is 19.5 Å². The van der Waals surface area contributed by atoms with Crippen LogP contribution in [-0.2, 0) is 14.3 Å². The molecular weight excluding hydrogens is 368 g/mol. The molecule has 2 aliphatic rings. The van der Waals surface area contributed by atoms with Crippen LogP contribution in [0.15, 0.2) is 12.4 Å². The number of esters is 1. The fourth-order valence-electron chi connectivity index (χ4n) is 3.87. The first-order chi connectivity index (χ1) is 13.4. The molecule has 0 radical (unpaired) electrons. The summed E-state index contributed by atoms with van der Waals surface area (Å²) in [6.45, 7) is 2.95. The number of piperidine rings is 2. The lowest BCUT2D eigenvalue weighted by Crippen LogP contribution is -2.61. The van der Waals surface area contributed by atoms with Gasteiger partial charge >= 0.3 is 5.97 Å². The minimum Gasteiger partial charge on any atom is -0.483 e. The highest BCUT2D eigenvalue weighted by atomic mass is 16.5. The van der Waals surface area contributed by atoms with Crippen LogP contribution in [0.2, 0.25) is 0 Å². The number of nitrogens with one attached hydrogen (secondary N) is 1. The highest BCUT2D eigenvalue weighted by Gasteiger charge is 2.50. The molecule has 0 unspecified atom stereocenters. The fourth-order valence-corrected chi connectivity index (χ4v) is 3.87. The van der Waals surface area contributed by atoms with Gasteiger partial charge in [0.25, 0.3) is 12.4 Å². The van der Waals surface area contributed by atoms with Gasteiger partial charge in [-0.3, -0.25) is 14.4 Å². The van der Waals surface area contributed by atoms with Gasteiger partial charge in [-0.1, -0.05) is 0 Å². The van der Waals surface area contributed by atoms with Crippen LogP contribution in [0.1, 0.15) is 53.6 Å². The van der Waals surface area contributed by atoms with E-state index >= 15 is 0 Å². The normalized spacial score (nSPS) is 23.9. The van der Waals surface area contributed by atoms with Crippen LogP contribution < -0.4 is 5.32 Å². The number of amides is 2. The smallest absolute Gasteiger partial charge is 0.358 e. The zero-order chi connectivity index (χ0) is 20.7. The highest BCUT2D eigenvalue weighted by Crippen LogP contribution is 2.42. The van der Waals surface area contributed by atoms with Crippen molar-refractivity contribution in [1.29, 1.82) is 0 Å². The molecule has 10 heteroatoms. The molecule has 3 rings (SSSR count). The molecule has 2 fully saturated rings. The second-order valence-electron chi connectivity index (χ2n) is 6.68. The zero-order valence-corrected chi connectivity index (χ0v) is 15.9. The first kappa shape index (κ1) is 21.3. The van der Waals surface area contributed by atoms with E-state index in [1.807, 2.05) is 6.92 Å². The van der Waals surface area contributed by atoms with Crippen molar-refractivity contribution in [1.82, 2.24) is 20.2 Å². The molecule has 2 saturated heterocycles. The minimum absolute atomic E-state index is 0.0378. The van der Waals surface area contributed by atoms with Gasteiger partial charge in [0, 0.05) is 19.1 Å². The van der Waals surface area contributed by atoms with E-state index in [2.05, 4.69) is 20.0 Å². The van der Waals surface area contributed by atoms with Crippen molar-refractivity contribution >= 4 is 24.3 Å². The largest absolute Gasteiger partial charge is 0.483 e. The number of carboxylic acid groups (broad SMARTS) is 1. The zero-order valence-electron chi connectivity index (χ0n) is 15.9. The van der Waals surface area contributed by atoms with E-state index in [0.29, 0.717) is 13.1 Å². The summed E-state index contributed by atoms with van der Waals surface area (Å²) in [5.74, 6) is -0.833. The molecule has 2 atom stereocenters. The molecule has 1 aromatic rings. The Hall–Kier alpha value is -3.04. The predicted octanol–water partition coefficient (Wildman–Crippen LogP) is 0.485. The average molecular weight is 392 g/mol. The van der Waals surface area contributed by atoms with E-state index < -0.39 is 11.4 Å². The van der Waals surface area contributed by atoms with E-state index in [-0.39, 0.29) is 35.7 Å². The quantitative estimate of drug-likeness (QED) is 0.547. The van der Waals surface area contributed by atoms with E-state index in [9.17, 15) is 14.4 Å². The number of aromatic nitrogens is 2. The van der Waals surface area contributed by atoms with Crippen LogP contribution in [0.3, 0.4) is 0 Å². The number of methoxy groups -OCH3 is 1. The number of carbonyl (C=O) groups excluding carboxylic acids is 3. The Labute approximate surface area is 162 Å². The van der Waals surface area contributed by atoms with Gasteiger partial charge in [-0.15, -0.1) is 0 Å². The Kier molecular flexibility index (Phi) is 7.02. The van der Waals surface area contributed by atoms with Gasteiger partial charge in [-0.2, -0.15) is 0 Å². The van der Waals surface area contributed by atoms with E-state index in [1.54, 1.807) is 4.90 Å². The molecule has 0 aromatic carbocycles. The average Bonchev–Trinajstić information content (AvgIpc) is 2.71. The Morgan fingerprint density at radius 3 is 2.46 bits per heavy atom. The second-order valence-corrected chi connectivity index (χ2v) is 6.68.